The summed E-state index contributed by atoms with van der Waals surface area (Å²) in [4.78, 5) is 14.2. The van der Waals surface area contributed by atoms with Gasteiger partial charge in [0.25, 0.3) is 0 Å². The lowest BCUT2D eigenvalue weighted by Crippen LogP contribution is -2.06. The molecule has 8 heteroatoms. The Morgan fingerprint density at radius 1 is 1.44 bits per heavy atom. The zero-order chi connectivity index (χ0) is 11.7. The average molecular weight is 242 g/mol. The molecule has 2 aromatic rings. The van der Waals surface area contributed by atoms with Gasteiger partial charge in [-0.2, -0.15) is 0 Å². The summed E-state index contributed by atoms with van der Waals surface area (Å²) in [5.74, 6) is -1.71. The molecule has 1 amide bonds. The third-order valence-electron chi connectivity index (χ3n) is 1.71. The van der Waals surface area contributed by atoms with Crippen molar-refractivity contribution in [3.8, 4) is 22.3 Å². The molecule has 0 aliphatic carbocycles. The number of rotatable bonds is 2. The van der Waals surface area contributed by atoms with Crippen molar-refractivity contribution in [2.75, 3.05) is 5.32 Å². The molecule has 4 N–H and O–H groups in total. The van der Waals surface area contributed by atoms with Gasteiger partial charge in [-0.25, -0.2) is 9.78 Å². The highest BCUT2D eigenvalue weighted by atomic mass is 32.1. The molecule has 7 nitrogen and oxygen atoms in total. The molecule has 0 radical (unpaired) electrons. The smallest absolute Gasteiger partial charge is 0.411 e. The standard InChI is InChI=1S/C8H6N2O5S/c11-3-4(12)6(10-8(13)14)15-5(3)7-9-1-2-16-7/h1-2,10-12H,(H,13,14). The van der Waals surface area contributed by atoms with E-state index in [1.807, 2.05) is 5.32 Å². The van der Waals surface area contributed by atoms with E-state index in [0.29, 0.717) is 5.01 Å². The first-order valence-electron chi connectivity index (χ1n) is 4.04. The Labute approximate surface area is 92.6 Å². The molecule has 0 saturated carbocycles. The fraction of sp³-hybridized carbons (Fsp3) is 0. The van der Waals surface area contributed by atoms with Crippen LogP contribution >= 0.6 is 11.3 Å². The maximum Gasteiger partial charge on any atom is 0.411 e. The summed E-state index contributed by atoms with van der Waals surface area (Å²) in [5, 5.41) is 31.1. The quantitative estimate of drug-likeness (QED) is 0.639. The minimum Gasteiger partial charge on any atom is -0.501 e. The monoisotopic (exact) mass is 242 g/mol. The van der Waals surface area contributed by atoms with Crippen molar-refractivity contribution in [2.45, 2.75) is 0 Å². The van der Waals surface area contributed by atoms with E-state index in [0.717, 1.165) is 0 Å². The molecule has 0 aliphatic heterocycles. The van der Waals surface area contributed by atoms with E-state index in [-0.39, 0.29) is 5.76 Å². The van der Waals surface area contributed by atoms with Gasteiger partial charge >= 0.3 is 6.09 Å². The van der Waals surface area contributed by atoms with Crippen molar-refractivity contribution in [1.82, 2.24) is 4.98 Å². The van der Waals surface area contributed by atoms with Crippen LogP contribution in [0.2, 0.25) is 0 Å². The Morgan fingerprint density at radius 2 is 2.19 bits per heavy atom. The molecule has 0 saturated heterocycles. The minimum atomic E-state index is -1.41. The molecular formula is C8H6N2O5S. The van der Waals surface area contributed by atoms with Crippen molar-refractivity contribution >= 4 is 23.3 Å². The van der Waals surface area contributed by atoms with Gasteiger partial charge in [-0.05, 0) is 0 Å². The topological polar surface area (TPSA) is 116 Å². The summed E-state index contributed by atoms with van der Waals surface area (Å²) in [7, 11) is 0. The highest BCUT2D eigenvalue weighted by Gasteiger charge is 2.23. The van der Waals surface area contributed by atoms with E-state index in [1.54, 1.807) is 5.38 Å². The van der Waals surface area contributed by atoms with Crippen molar-refractivity contribution in [2.24, 2.45) is 0 Å². The molecule has 0 fully saturated rings. The van der Waals surface area contributed by atoms with Crippen molar-refractivity contribution in [3.63, 3.8) is 0 Å². The number of carbonyl (C=O) groups is 1. The predicted molar refractivity (Wildman–Crippen MR) is 54.8 cm³/mol. The Morgan fingerprint density at radius 3 is 2.75 bits per heavy atom. The van der Waals surface area contributed by atoms with Crippen molar-refractivity contribution < 1.29 is 24.5 Å². The summed E-state index contributed by atoms with van der Waals surface area (Å²) in [6.45, 7) is 0. The third kappa shape index (κ3) is 1.65. The number of amides is 1. The van der Waals surface area contributed by atoms with E-state index in [9.17, 15) is 15.0 Å². The number of hydrogen-bond acceptors (Lipinski definition) is 6. The Kier molecular flexibility index (Phi) is 2.41. The molecule has 0 aliphatic rings. The highest BCUT2D eigenvalue weighted by Crippen LogP contribution is 2.45. The van der Waals surface area contributed by atoms with Gasteiger partial charge < -0.3 is 19.7 Å². The average Bonchev–Trinajstić information content (AvgIpc) is 2.81. The van der Waals surface area contributed by atoms with Gasteiger partial charge in [0.1, 0.15) is 0 Å². The summed E-state index contributed by atoms with van der Waals surface area (Å²) in [6.07, 6.45) is 0.0817. The molecule has 2 rings (SSSR count). The molecule has 2 heterocycles. The lowest BCUT2D eigenvalue weighted by molar-refractivity contribution is 0.209. The number of nitrogens with zero attached hydrogens (tertiary/aromatic N) is 1. The minimum absolute atomic E-state index is 0.0729. The van der Waals surface area contributed by atoms with E-state index in [4.69, 9.17) is 9.52 Å². The first-order chi connectivity index (χ1) is 7.59. The number of hydrogen-bond donors (Lipinski definition) is 4. The normalized spacial score (nSPS) is 10.2. The van der Waals surface area contributed by atoms with E-state index in [2.05, 4.69) is 4.98 Å². The van der Waals surface area contributed by atoms with E-state index >= 15 is 0 Å². The van der Waals surface area contributed by atoms with Crippen LogP contribution in [0.15, 0.2) is 16.0 Å². The maximum atomic E-state index is 10.4. The fourth-order valence-electron chi connectivity index (χ4n) is 1.08. The molecular weight excluding hydrogens is 236 g/mol. The summed E-state index contributed by atoms with van der Waals surface area (Å²) in [5.41, 5.74) is 0. The van der Waals surface area contributed by atoms with Gasteiger partial charge in [0.05, 0.1) is 0 Å². The Balaban J connectivity index is 2.45. The third-order valence-corrected chi connectivity index (χ3v) is 2.48. The molecule has 0 unspecified atom stereocenters. The molecule has 0 bridgehead atoms. The second-order valence-corrected chi connectivity index (χ2v) is 3.62. The number of anilines is 1. The molecule has 2 aromatic heterocycles. The van der Waals surface area contributed by atoms with Gasteiger partial charge in [0.2, 0.25) is 23.1 Å². The van der Waals surface area contributed by atoms with Crippen LogP contribution in [0.5, 0.6) is 11.5 Å². The largest absolute Gasteiger partial charge is 0.501 e. The van der Waals surface area contributed by atoms with Crippen molar-refractivity contribution in [3.05, 3.63) is 11.6 Å². The molecule has 16 heavy (non-hydrogen) atoms. The van der Waals surface area contributed by atoms with Gasteiger partial charge in [-0.3, -0.25) is 5.32 Å². The van der Waals surface area contributed by atoms with Crippen LogP contribution in [0.1, 0.15) is 0 Å². The van der Waals surface area contributed by atoms with Crippen molar-refractivity contribution in [1.29, 1.82) is 0 Å². The molecule has 0 spiro atoms. The second kappa shape index (κ2) is 3.74. The van der Waals surface area contributed by atoms with Crippen LogP contribution in [0, 0.1) is 0 Å². The number of aromatic hydroxyl groups is 2. The van der Waals surface area contributed by atoms with Gasteiger partial charge in [-0.15, -0.1) is 11.3 Å². The van der Waals surface area contributed by atoms with Crippen LogP contribution in [0.4, 0.5) is 10.7 Å². The Bertz CT molecular complexity index is 519. The summed E-state index contributed by atoms with van der Waals surface area (Å²) < 4.78 is 4.96. The lowest BCUT2D eigenvalue weighted by Gasteiger charge is -1.93. The van der Waals surface area contributed by atoms with Crippen LogP contribution < -0.4 is 5.32 Å². The molecule has 0 atom stereocenters. The van der Waals surface area contributed by atoms with Gasteiger partial charge in [0.15, 0.2) is 5.01 Å². The van der Waals surface area contributed by atoms with Crippen LogP contribution in [-0.4, -0.2) is 26.4 Å². The number of carboxylic acid groups (broad SMARTS) is 1. The number of nitrogens with one attached hydrogen (secondary N) is 1. The predicted octanol–water partition coefficient (Wildman–Crippen LogP) is 1.90. The highest BCUT2D eigenvalue weighted by molar-refractivity contribution is 7.13. The molecule has 84 valence electrons. The number of thiazole rings is 1. The van der Waals surface area contributed by atoms with Crippen LogP contribution in [0.25, 0.3) is 10.8 Å². The second-order valence-electron chi connectivity index (χ2n) is 2.72. The van der Waals surface area contributed by atoms with Gasteiger partial charge in [-0.1, -0.05) is 0 Å². The number of furan rings is 1. The summed E-state index contributed by atoms with van der Waals surface area (Å²) >= 11 is 1.18. The summed E-state index contributed by atoms with van der Waals surface area (Å²) in [6, 6.07) is 0. The lowest BCUT2D eigenvalue weighted by atomic mass is 10.4. The SMILES string of the molecule is O=C(O)Nc1oc(-c2nccs2)c(O)c1O. The Hall–Kier alpha value is -2.22. The van der Waals surface area contributed by atoms with E-state index in [1.165, 1.54) is 17.5 Å². The zero-order valence-corrected chi connectivity index (χ0v) is 8.48. The van der Waals surface area contributed by atoms with Crippen LogP contribution in [0.3, 0.4) is 0 Å². The van der Waals surface area contributed by atoms with E-state index < -0.39 is 23.5 Å². The number of aromatic nitrogens is 1. The molecule has 0 aromatic carbocycles. The first-order valence-corrected chi connectivity index (χ1v) is 4.92. The zero-order valence-electron chi connectivity index (χ0n) is 7.67. The maximum absolute atomic E-state index is 10.4. The van der Waals surface area contributed by atoms with Crippen LogP contribution in [-0.2, 0) is 0 Å². The first kappa shape index (κ1) is 10.3. The van der Waals surface area contributed by atoms with Gasteiger partial charge in [0, 0.05) is 11.6 Å². The fourth-order valence-corrected chi connectivity index (χ4v) is 1.69.